The first-order valence-corrected chi connectivity index (χ1v) is 6.98. The highest BCUT2D eigenvalue weighted by Gasteiger charge is 2.24. The van der Waals surface area contributed by atoms with Crippen LogP contribution in [0.4, 0.5) is 0 Å². The van der Waals surface area contributed by atoms with Crippen molar-refractivity contribution < 1.29 is 4.74 Å². The van der Waals surface area contributed by atoms with Crippen LogP contribution in [0.15, 0.2) is 0 Å². The fourth-order valence-electron chi connectivity index (χ4n) is 2.43. The van der Waals surface area contributed by atoms with Crippen molar-refractivity contribution in [2.45, 2.75) is 64.6 Å². The molecule has 1 heterocycles. The molecule has 0 aromatic heterocycles. The third kappa shape index (κ3) is 5.36. The molecule has 0 aliphatic carbocycles. The summed E-state index contributed by atoms with van der Waals surface area (Å²) in [7, 11) is 1.83. The van der Waals surface area contributed by atoms with Gasteiger partial charge in [0, 0.05) is 38.3 Å². The number of piperidine rings is 1. The third-order valence-electron chi connectivity index (χ3n) is 3.67. The van der Waals surface area contributed by atoms with Gasteiger partial charge < -0.3 is 10.1 Å². The van der Waals surface area contributed by atoms with E-state index in [0.29, 0.717) is 12.1 Å². The summed E-state index contributed by atoms with van der Waals surface area (Å²) in [6.45, 7) is 12.4. The van der Waals surface area contributed by atoms with Gasteiger partial charge in [0.1, 0.15) is 0 Å². The summed E-state index contributed by atoms with van der Waals surface area (Å²) in [6, 6.07) is 0.673. The molecule has 1 N–H and O–H groups in total. The van der Waals surface area contributed by atoms with Gasteiger partial charge in [-0.1, -0.05) is 6.92 Å². The summed E-state index contributed by atoms with van der Waals surface area (Å²) >= 11 is 0. The summed E-state index contributed by atoms with van der Waals surface area (Å²) in [4.78, 5) is 2.62. The Hall–Kier alpha value is -0.120. The molecule has 102 valence electrons. The zero-order valence-corrected chi connectivity index (χ0v) is 12.3. The molecule has 1 unspecified atom stereocenters. The SMILES string of the molecule is CCC(CNC(C)(C)C)N1CCC(OC)CC1. The number of methoxy groups -OCH3 is 1. The molecule has 0 radical (unpaired) electrons. The van der Waals surface area contributed by atoms with Crippen LogP contribution in [0, 0.1) is 0 Å². The van der Waals surface area contributed by atoms with Crippen LogP contribution in [0.2, 0.25) is 0 Å². The van der Waals surface area contributed by atoms with Gasteiger partial charge in [-0.25, -0.2) is 0 Å². The third-order valence-corrected chi connectivity index (χ3v) is 3.67. The maximum atomic E-state index is 5.42. The average molecular weight is 242 g/mol. The number of likely N-dealkylation sites (tertiary alicyclic amines) is 1. The summed E-state index contributed by atoms with van der Waals surface area (Å²) in [6.07, 6.45) is 4.07. The normalized spacial score (nSPS) is 21.7. The molecule has 1 aliphatic heterocycles. The smallest absolute Gasteiger partial charge is 0.0595 e. The Morgan fingerprint density at radius 1 is 1.29 bits per heavy atom. The van der Waals surface area contributed by atoms with Crippen molar-refractivity contribution in [3.63, 3.8) is 0 Å². The predicted molar refractivity (Wildman–Crippen MR) is 73.4 cm³/mol. The van der Waals surface area contributed by atoms with E-state index in [1.54, 1.807) is 0 Å². The number of hydrogen-bond donors (Lipinski definition) is 1. The molecule has 17 heavy (non-hydrogen) atoms. The van der Waals surface area contributed by atoms with Crippen LogP contribution in [-0.2, 0) is 4.74 Å². The highest BCUT2D eigenvalue weighted by Crippen LogP contribution is 2.17. The van der Waals surface area contributed by atoms with Gasteiger partial charge in [0.05, 0.1) is 6.10 Å². The molecule has 1 atom stereocenters. The van der Waals surface area contributed by atoms with Crippen LogP contribution in [-0.4, -0.2) is 49.3 Å². The summed E-state index contributed by atoms with van der Waals surface area (Å²) < 4.78 is 5.42. The Balaban J connectivity index is 2.35. The van der Waals surface area contributed by atoms with E-state index in [1.165, 1.54) is 32.4 Å². The second-order valence-electron chi connectivity index (χ2n) is 6.16. The number of ether oxygens (including phenoxy) is 1. The van der Waals surface area contributed by atoms with E-state index < -0.39 is 0 Å². The molecule has 1 saturated heterocycles. The molecule has 1 fully saturated rings. The van der Waals surface area contributed by atoms with E-state index in [0.717, 1.165) is 6.54 Å². The van der Waals surface area contributed by atoms with E-state index in [2.05, 4.69) is 37.9 Å². The number of hydrogen-bond acceptors (Lipinski definition) is 3. The second kappa shape index (κ2) is 6.72. The van der Waals surface area contributed by atoms with E-state index in [9.17, 15) is 0 Å². The van der Waals surface area contributed by atoms with Crippen LogP contribution in [0.25, 0.3) is 0 Å². The first-order valence-electron chi connectivity index (χ1n) is 6.98. The van der Waals surface area contributed by atoms with Crippen molar-refractivity contribution in [3.05, 3.63) is 0 Å². The van der Waals surface area contributed by atoms with Crippen molar-refractivity contribution >= 4 is 0 Å². The fourth-order valence-corrected chi connectivity index (χ4v) is 2.43. The molecule has 3 heteroatoms. The van der Waals surface area contributed by atoms with Gasteiger partial charge in [-0.05, 0) is 40.0 Å². The van der Waals surface area contributed by atoms with Gasteiger partial charge in [-0.3, -0.25) is 4.90 Å². The van der Waals surface area contributed by atoms with E-state index in [-0.39, 0.29) is 5.54 Å². The van der Waals surface area contributed by atoms with Crippen LogP contribution < -0.4 is 5.32 Å². The first kappa shape index (κ1) is 14.9. The van der Waals surface area contributed by atoms with E-state index in [4.69, 9.17) is 4.74 Å². The number of nitrogens with zero attached hydrogens (tertiary/aromatic N) is 1. The zero-order valence-electron chi connectivity index (χ0n) is 12.3. The fraction of sp³-hybridized carbons (Fsp3) is 1.00. The molecule has 1 rings (SSSR count). The van der Waals surface area contributed by atoms with Gasteiger partial charge in [0.25, 0.3) is 0 Å². The average Bonchev–Trinajstić information content (AvgIpc) is 2.29. The van der Waals surface area contributed by atoms with Crippen molar-refractivity contribution in [1.82, 2.24) is 10.2 Å². The van der Waals surface area contributed by atoms with Crippen molar-refractivity contribution in [3.8, 4) is 0 Å². The molecule has 0 amide bonds. The lowest BCUT2D eigenvalue weighted by molar-refractivity contribution is 0.0257. The molecule has 1 aliphatic rings. The maximum Gasteiger partial charge on any atom is 0.0595 e. The molecule has 0 aromatic carbocycles. The maximum absolute atomic E-state index is 5.42. The Labute approximate surface area is 107 Å². The molecular weight excluding hydrogens is 212 g/mol. The minimum absolute atomic E-state index is 0.221. The van der Waals surface area contributed by atoms with Crippen molar-refractivity contribution in [2.75, 3.05) is 26.7 Å². The molecule has 3 nitrogen and oxygen atoms in total. The highest BCUT2D eigenvalue weighted by atomic mass is 16.5. The minimum Gasteiger partial charge on any atom is -0.381 e. The Morgan fingerprint density at radius 2 is 1.88 bits per heavy atom. The largest absolute Gasteiger partial charge is 0.381 e. The lowest BCUT2D eigenvalue weighted by Gasteiger charge is -2.38. The summed E-state index contributed by atoms with van der Waals surface area (Å²) in [5.41, 5.74) is 0.221. The minimum atomic E-state index is 0.221. The first-order chi connectivity index (χ1) is 7.96. The highest BCUT2D eigenvalue weighted by molar-refractivity contribution is 4.82. The van der Waals surface area contributed by atoms with Crippen LogP contribution in [0.5, 0.6) is 0 Å². The Bertz CT molecular complexity index is 205. The molecule has 0 spiro atoms. The molecule has 0 aromatic rings. The van der Waals surface area contributed by atoms with Gasteiger partial charge in [-0.15, -0.1) is 0 Å². The topological polar surface area (TPSA) is 24.5 Å². The number of nitrogens with one attached hydrogen (secondary N) is 1. The lowest BCUT2D eigenvalue weighted by atomic mass is 10.0. The predicted octanol–water partition coefficient (Wildman–Crippen LogP) is 2.26. The molecule has 0 saturated carbocycles. The van der Waals surface area contributed by atoms with Gasteiger partial charge in [0.15, 0.2) is 0 Å². The van der Waals surface area contributed by atoms with E-state index in [1.807, 2.05) is 7.11 Å². The Morgan fingerprint density at radius 3 is 2.29 bits per heavy atom. The Kier molecular flexibility index (Phi) is 5.90. The van der Waals surface area contributed by atoms with Gasteiger partial charge >= 0.3 is 0 Å². The zero-order chi connectivity index (χ0) is 12.9. The lowest BCUT2D eigenvalue weighted by Crippen LogP contribution is -2.50. The standard InChI is InChI=1S/C14H30N2O/c1-6-12(11-15-14(2,3)4)16-9-7-13(17-5)8-10-16/h12-13,15H,6-11H2,1-5H3. The summed E-state index contributed by atoms with van der Waals surface area (Å²) in [5, 5.41) is 3.62. The molecular formula is C14H30N2O. The van der Waals surface area contributed by atoms with Crippen molar-refractivity contribution in [1.29, 1.82) is 0 Å². The monoisotopic (exact) mass is 242 g/mol. The molecule has 0 bridgehead atoms. The second-order valence-corrected chi connectivity index (χ2v) is 6.16. The van der Waals surface area contributed by atoms with Crippen molar-refractivity contribution in [2.24, 2.45) is 0 Å². The summed E-state index contributed by atoms with van der Waals surface area (Å²) in [5.74, 6) is 0. The van der Waals surface area contributed by atoms with Crippen LogP contribution in [0.3, 0.4) is 0 Å². The van der Waals surface area contributed by atoms with Gasteiger partial charge in [-0.2, -0.15) is 0 Å². The quantitative estimate of drug-likeness (QED) is 0.800. The van der Waals surface area contributed by atoms with E-state index >= 15 is 0 Å². The van der Waals surface area contributed by atoms with Crippen LogP contribution in [0.1, 0.15) is 47.0 Å². The van der Waals surface area contributed by atoms with Gasteiger partial charge in [0.2, 0.25) is 0 Å². The number of rotatable bonds is 5. The van der Waals surface area contributed by atoms with Crippen LogP contribution >= 0.6 is 0 Å².